The van der Waals surface area contributed by atoms with Gasteiger partial charge in [-0.1, -0.05) is 77.9 Å². The molecule has 3 aromatic carbocycles. The normalized spacial score (nSPS) is 10.9. The SMILES string of the molecule is Cc1cc(C)cc(/C=C/c2ccc(/C=C/c3cc(C#N)ccc3C#N)cc2)c1. The molecule has 0 amide bonds. The van der Waals surface area contributed by atoms with Crippen molar-refractivity contribution in [2.75, 3.05) is 0 Å². The maximum absolute atomic E-state index is 9.23. The van der Waals surface area contributed by atoms with Gasteiger partial charge in [-0.05, 0) is 54.3 Å². The van der Waals surface area contributed by atoms with E-state index in [9.17, 15) is 5.26 Å². The Kier molecular flexibility index (Phi) is 5.85. The molecule has 0 aliphatic carbocycles. The Morgan fingerprint density at radius 3 is 1.75 bits per heavy atom. The van der Waals surface area contributed by atoms with Crippen molar-refractivity contribution in [1.29, 1.82) is 10.5 Å². The largest absolute Gasteiger partial charge is 0.192 e. The Balaban J connectivity index is 1.76. The minimum Gasteiger partial charge on any atom is -0.192 e. The van der Waals surface area contributed by atoms with E-state index in [2.05, 4.69) is 68.5 Å². The second kappa shape index (κ2) is 8.67. The fourth-order valence-corrected chi connectivity index (χ4v) is 3.07. The van der Waals surface area contributed by atoms with Gasteiger partial charge in [-0.3, -0.25) is 0 Å². The van der Waals surface area contributed by atoms with Crippen LogP contribution in [0.5, 0.6) is 0 Å². The van der Waals surface area contributed by atoms with Crippen LogP contribution >= 0.6 is 0 Å². The molecule has 134 valence electrons. The Hall–Kier alpha value is -3.88. The molecule has 0 saturated heterocycles. The van der Waals surface area contributed by atoms with Crippen LogP contribution in [0, 0.1) is 36.5 Å². The van der Waals surface area contributed by atoms with Crippen LogP contribution in [0.2, 0.25) is 0 Å². The summed E-state index contributed by atoms with van der Waals surface area (Å²) in [4.78, 5) is 0. The molecule has 0 aliphatic rings. The van der Waals surface area contributed by atoms with Crippen molar-refractivity contribution in [3.05, 3.63) is 105 Å². The van der Waals surface area contributed by atoms with Crippen LogP contribution in [0.1, 0.15) is 44.5 Å². The fourth-order valence-electron chi connectivity index (χ4n) is 3.07. The van der Waals surface area contributed by atoms with Crippen LogP contribution in [-0.2, 0) is 0 Å². The highest BCUT2D eigenvalue weighted by Crippen LogP contribution is 2.17. The van der Waals surface area contributed by atoms with Crippen LogP contribution in [-0.4, -0.2) is 0 Å². The van der Waals surface area contributed by atoms with Gasteiger partial charge < -0.3 is 0 Å². The Labute approximate surface area is 166 Å². The van der Waals surface area contributed by atoms with Crippen molar-refractivity contribution in [2.24, 2.45) is 0 Å². The fraction of sp³-hybridized carbons (Fsp3) is 0.0769. The number of hydrogen-bond donors (Lipinski definition) is 0. The molecule has 28 heavy (non-hydrogen) atoms. The molecule has 0 N–H and O–H groups in total. The summed E-state index contributed by atoms with van der Waals surface area (Å²) in [6.07, 6.45) is 8.05. The van der Waals surface area contributed by atoms with Gasteiger partial charge in [0.1, 0.15) is 0 Å². The van der Waals surface area contributed by atoms with Crippen LogP contribution in [0.4, 0.5) is 0 Å². The highest BCUT2D eigenvalue weighted by Gasteiger charge is 2.00. The third-order valence-electron chi connectivity index (χ3n) is 4.41. The summed E-state index contributed by atoms with van der Waals surface area (Å²) in [6.45, 7) is 4.21. The number of rotatable bonds is 4. The summed E-state index contributed by atoms with van der Waals surface area (Å²) in [6, 6.07) is 24.1. The molecular weight excluding hydrogens is 340 g/mol. The van der Waals surface area contributed by atoms with Gasteiger partial charge in [0.05, 0.1) is 23.3 Å². The third-order valence-corrected chi connectivity index (χ3v) is 4.41. The molecule has 3 aromatic rings. The Morgan fingerprint density at radius 1 is 0.607 bits per heavy atom. The first-order valence-corrected chi connectivity index (χ1v) is 9.06. The van der Waals surface area contributed by atoms with Crippen LogP contribution in [0.25, 0.3) is 24.3 Å². The Bertz CT molecular complexity index is 1110. The maximum atomic E-state index is 9.23. The Morgan fingerprint density at radius 2 is 1.18 bits per heavy atom. The molecule has 2 nitrogen and oxygen atoms in total. The summed E-state index contributed by atoms with van der Waals surface area (Å²) in [5, 5.41) is 18.3. The van der Waals surface area contributed by atoms with E-state index in [1.54, 1.807) is 18.2 Å². The summed E-state index contributed by atoms with van der Waals surface area (Å²) in [5.41, 5.74) is 7.74. The zero-order chi connectivity index (χ0) is 19.9. The quantitative estimate of drug-likeness (QED) is 0.506. The lowest BCUT2D eigenvalue weighted by atomic mass is 10.0. The molecule has 0 aromatic heterocycles. The van der Waals surface area contributed by atoms with E-state index < -0.39 is 0 Å². The third kappa shape index (κ3) is 4.85. The van der Waals surface area contributed by atoms with Crippen molar-refractivity contribution in [3.8, 4) is 12.1 Å². The van der Waals surface area contributed by atoms with E-state index in [0.29, 0.717) is 11.1 Å². The first-order chi connectivity index (χ1) is 13.6. The summed E-state index contributed by atoms with van der Waals surface area (Å²) in [7, 11) is 0. The molecule has 0 fully saturated rings. The predicted octanol–water partition coefficient (Wildman–Crippen LogP) is 6.39. The molecule has 0 saturated carbocycles. The van der Waals surface area contributed by atoms with E-state index in [4.69, 9.17) is 5.26 Å². The topological polar surface area (TPSA) is 47.6 Å². The van der Waals surface area contributed by atoms with Crippen molar-refractivity contribution >= 4 is 24.3 Å². The lowest BCUT2D eigenvalue weighted by Gasteiger charge is -2.01. The lowest BCUT2D eigenvalue weighted by molar-refractivity contribution is 1.37. The number of nitrogens with zero attached hydrogens (tertiary/aromatic N) is 2. The number of hydrogen-bond acceptors (Lipinski definition) is 2. The summed E-state index contributed by atoms with van der Waals surface area (Å²) >= 11 is 0. The van der Waals surface area contributed by atoms with E-state index >= 15 is 0 Å². The van der Waals surface area contributed by atoms with Crippen molar-refractivity contribution < 1.29 is 0 Å². The molecule has 0 aliphatic heterocycles. The zero-order valence-corrected chi connectivity index (χ0v) is 16.0. The van der Waals surface area contributed by atoms with Gasteiger partial charge in [-0.15, -0.1) is 0 Å². The number of nitriles is 2. The van der Waals surface area contributed by atoms with Crippen LogP contribution in [0.15, 0.2) is 60.7 Å². The van der Waals surface area contributed by atoms with Crippen molar-refractivity contribution in [2.45, 2.75) is 13.8 Å². The standard InChI is InChI=1S/C26H20N2/c1-19-13-20(2)15-23(14-19)8-7-21-3-5-22(6-4-21)9-11-25-16-24(17-27)10-12-26(25)18-28/h3-16H,1-2H3/b8-7+,11-9+. The van der Waals surface area contributed by atoms with Gasteiger partial charge in [-0.25, -0.2) is 0 Å². The van der Waals surface area contributed by atoms with Gasteiger partial charge in [0.25, 0.3) is 0 Å². The van der Waals surface area contributed by atoms with E-state index in [1.807, 2.05) is 24.3 Å². The van der Waals surface area contributed by atoms with Crippen LogP contribution < -0.4 is 0 Å². The smallest absolute Gasteiger partial charge is 0.0997 e. The lowest BCUT2D eigenvalue weighted by Crippen LogP contribution is -1.84. The van der Waals surface area contributed by atoms with Crippen LogP contribution in [0.3, 0.4) is 0 Å². The summed E-state index contributed by atoms with van der Waals surface area (Å²) in [5.74, 6) is 0. The molecule has 0 heterocycles. The monoisotopic (exact) mass is 360 g/mol. The summed E-state index contributed by atoms with van der Waals surface area (Å²) < 4.78 is 0. The van der Waals surface area contributed by atoms with Gasteiger partial charge in [-0.2, -0.15) is 10.5 Å². The van der Waals surface area contributed by atoms with Crippen molar-refractivity contribution in [3.63, 3.8) is 0 Å². The number of aryl methyl sites for hydroxylation is 2. The predicted molar refractivity (Wildman–Crippen MR) is 116 cm³/mol. The van der Waals surface area contributed by atoms with E-state index in [0.717, 1.165) is 16.7 Å². The molecule has 3 rings (SSSR count). The van der Waals surface area contributed by atoms with E-state index in [1.165, 1.54) is 16.7 Å². The highest BCUT2D eigenvalue weighted by atomic mass is 14.3. The molecular formula is C26H20N2. The first kappa shape index (κ1) is 18.9. The minimum absolute atomic E-state index is 0.547. The van der Waals surface area contributed by atoms with E-state index in [-0.39, 0.29) is 0 Å². The first-order valence-electron chi connectivity index (χ1n) is 9.06. The molecule has 0 atom stereocenters. The average Bonchev–Trinajstić information content (AvgIpc) is 2.70. The molecule has 2 heteroatoms. The second-order valence-corrected chi connectivity index (χ2v) is 6.78. The second-order valence-electron chi connectivity index (χ2n) is 6.78. The number of benzene rings is 3. The maximum Gasteiger partial charge on any atom is 0.0997 e. The van der Waals surface area contributed by atoms with Gasteiger partial charge >= 0.3 is 0 Å². The minimum atomic E-state index is 0.547. The van der Waals surface area contributed by atoms with Gasteiger partial charge in [0.15, 0.2) is 0 Å². The molecule has 0 spiro atoms. The average molecular weight is 360 g/mol. The van der Waals surface area contributed by atoms with Crippen molar-refractivity contribution in [1.82, 2.24) is 0 Å². The molecule has 0 unspecified atom stereocenters. The zero-order valence-electron chi connectivity index (χ0n) is 16.0. The molecule has 0 bridgehead atoms. The van der Waals surface area contributed by atoms with Gasteiger partial charge in [0.2, 0.25) is 0 Å². The van der Waals surface area contributed by atoms with Gasteiger partial charge in [0, 0.05) is 0 Å². The highest BCUT2D eigenvalue weighted by molar-refractivity contribution is 5.75. The molecule has 0 radical (unpaired) electrons.